The maximum Gasteiger partial charge on any atom is 0.231 e. The van der Waals surface area contributed by atoms with Crippen LogP contribution in [-0.2, 0) is 4.79 Å². The molecule has 0 aliphatic carbocycles. The van der Waals surface area contributed by atoms with Crippen LogP contribution in [0.15, 0.2) is 29.2 Å². The molecular weight excluding hydrogens is 280 g/mol. The lowest BCUT2D eigenvalue weighted by Crippen LogP contribution is -2.34. The van der Waals surface area contributed by atoms with Gasteiger partial charge < -0.3 is 10.6 Å². The van der Waals surface area contributed by atoms with Crippen LogP contribution in [0.4, 0.5) is 0 Å². The maximum atomic E-state index is 12.5. The number of carbonyl (C=O) groups is 1. The predicted octanol–water partition coefficient (Wildman–Crippen LogP) is 2.10. The Labute approximate surface area is 124 Å². The van der Waals surface area contributed by atoms with Crippen molar-refractivity contribution in [2.24, 2.45) is 11.7 Å². The molecule has 2 aliphatic rings. The Morgan fingerprint density at radius 3 is 2.95 bits per heavy atom. The molecule has 0 aromatic heterocycles. The second-order valence-corrected chi connectivity index (χ2v) is 6.14. The summed E-state index contributed by atoms with van der Waals surface area (Å²) in [6.07, 6.45) is 1.06. The standard InChI is InChI=1S/C14H18N2OS.ClH/c15-7-10-5-6-16(8-10)14(17)12-9-18-13-4-2-1-3-11(12)13;/h1-4,10,12H,5-9,15H2;1H. The number of hydrogen-bond acceptors (Lipinski definition) is 3. The molecule has 0 saturated carbocycles. The van der Waals surface area contributed by atoms with Gasteiger partial charge in [-0.15, -0.1) is 24.2 Å². The van der Waals surface area contributed by atoms with Gasteiger partial charge in [0.15, 0.2) is 0 Å². The van der Waals surface area contributed by atoms with Gasteiger partial charge in [0.1, 0.15) is 0 Å². The minimum Gasteiger partial charge on any atom is -0.342 e. The van der Waals surface area contributed by atoms with E-state index in [9.17, 15) is 4.79 Å². The van der Waals surface area contributed by atoms with Crippen LogP contribution in [0.2, 0.25) is 0 Å². The van der Waals surface area contributed by atoms with Gasteiger partial charge in [-0.05, 0) is 30.5 Å². The fraction of sp³-hybridized carbons (Fsp3) is 0.500. The number of halogens is 1. The van der Waals surface area contributed by atoms with Crippen molar-refractivity contribution in [3.63, 3.8) is 0 Å². The van der Waals surface area contributed by atoms with Crippen LogP contribution in [0.5, 0.6) is 0 Å². The average Bonchev–Trinajstić information content (AvgIpc) is 3.04. The summed E-state index contributed by atoms with van der Waals surface area (Å²) in [4.78, 5) is 15.8. The van der Waals surface area contributed by atoms with Crippen molar-refractivity contribution in [3.8, 4) is 0 Å². The molecule has 3 rings (SSSR count). The lowest BCUT2D eigenvalue weighted by Gasteiger charge is -2.20. The molecule has 2 unspecified atom stereocenters. The molecule has 2 aliphatic heterocycles. The van der Waals surface area contributed by atoms with Crippen LogP contribution in [0.1, 0.15) is 17.9 Å². The lowest BCUT2D eigenvalue weighted by molar-refractivity contribution is -0.131. The largest absolute Gasteiger partial charge is 0.342 e. The van der Waals surface area contributed by atoms with E-state index >= 15 is 0 Å². The van der Waals surface area contributed by atoms with Crippen LogP contribution >= 0.6 is 24.2 Å². The smallest absolute Gasteiger partial charge is 0.231 e. The Hall–Kier alpha value is -0.710. The molecule has 19 heavy (non-hydrogen) atoms. The highest BCUT2D eigenvalue weighted by molar-refractivity contribution is 7.99. The Kier molecular flexibility index (Phi) is 4.76. The monoisotopic (exact) mass is 298 g/mol. The molecule has 2 N–H and O–H groups in total. The van der Waals surface area contributed by atoms with Gasteiger partial charge in [0.05, 0.1) is 5.92 Å². The molecule has 1 fully saturated rings. The molecule has 3 nitrogen and oxygen atoms in total. The van der Waals surface area contributed by atoms with E-state index in [2.05, 4.69) is 12.1 Å². The fourth-order valence-electron chi connectivity index (χ4n) is 2.81. The number of amides is 1. The number of hydrogen-bond donors (Lipinski definition) is 1. The van der Waals surface area contributed by atoms with Crippen molar-refractivity contribution in [2.45, 2.75) is 17.2 Å². The van der Waals surface area contributed by atoms with Crippen LogP contribution < -0.4 is 5.73 Å². The fourth-order valence-corrected chi connectivity index (χ4v) is 4.03. The zero-order valence-corrected chi connectivity index (χ0v) is 12.4. The summed E-state index contributed by atoms with van der Waals surface area (Å²) in [5, 5.41) is 0. The van der Waals surface area contributed by atoms with Gasteiger partial charge in [-0.25, -0.2) is 0 Å². The number of thioether (sulfide) groups is 1. The van der Waals surface area contributed by atoms with Crippen molar-refractivity contribution >= 4 is 30.1 Å². The maximum absolute atomic E-state index is 12.5. The summed E-state index contributed by atoms with van der Waals surface area (Å²) in [6, 6.07) is 8.27. The van der Waals surface area contributed by atoms with Gasteiger partial charge in [0.25, 0.3) is 0 Å². The van der Waals surface area contributed by atoms with E-state index in [4.69, 9.17) is 5.73 Å². The van der Waals surface area contributed by atoms with E-state index in [0.29, 0.717) is 18.4 Å². The van der Waals surface area contributed by atoms with Gasteiger partial charge in [-0.2, -0.15) is 0 Å². The number of carbonyl (C=O) groups excluding carboxylic acids is 1. The number of nitrogens with two attached hydrogens (primary N) is 1. The Balaban J connectivity index is 0.00000133. The normalized spacial score (nSPS) is 25.0. The molecular formula is C14H19ClN2OS. The number of likely N-dealkylation sites (tertiary alicyclic amines) is 1. The van der Waals surface area contributed by atoms with E-state index in [1.54, 1.807) is 11.8 Å². The first kappa shape index (κ1) is 14.7. The van der Waals surface area contributed by atoms with Gasteiger partial charge in [-0.1, -0.05) is 18.2 Å². The highest BCUT2D eigenvalue weighted by Gasteiger charge is 2.34. The van der Waals surface area contributed by atoms with Crippen molar-refractivity contribution in [3.05, 3.63) is 29.8 Å². The Morgan fingerprint density at radius 1 is 1.42 bits per heavy atom. The molecule has 1 aromatic rings. The summed E-state index contributed by atoms with van der Waals surface area (Å²) in [6.45, 7) is 2.42. The molecule has 0 bridgehead atoms. The summed E-state index contributed by atoms with van der Waals surface area (Å²) in [5.41, 5.74) is 6.90. The van der Waals surface area contributed by atoms with Crippen LogP contribution in [-0.4, -0.2) is 36.2 Å². The molecule has 1 aromatic carbocycles. The third-order valence-electron chi connectivity index (χ3n) is 3.93. The number of fused-ring (bicyclic) bond motifs is 1. The summed E-state index contributed by atoms with van der Waals surface area (Å²) >= 11 is 1.80. The van der Waals surface area contributed by atoms with E-state index < -0.39 is 0 Å². The van der Waals surface area contributed by atoms with E-state index in [0.717, 1.165) is 25.3 Å². The number of nitrogens with zero attached hydrogens (tertiary/aromatic N) is 1. The SMILES string of the molecule is Cl.NCC1CCN(C(=O)C2CSc3ccccc32)C1. The average molecular weight is 299 g/mol. The zero-order valence-electron chi connectivity index (χ0n) is 10.7. The molecule has 2 atom stereocenters. The molecule has 1 amide bonds. The highest BCUT2D eigenvalue weighted by Crippen LogP contribution is 2.40. The van der Waals surface area contributed by atoms with Crippen molar-refractivity contribution in [1.29, 1.82) is 0 Å². The van der Waals surface area contributed by atoms with E-state index in [-0.39, 0.29) is 18.3 Å². The van der Waals surface area contributed by atoms with Crippen LogP contribution in [0.3, 0.4) is 0 Å². The molecule has 0 radical (unpaired) electrons. The second kappa shape index (κ2) is 6.16. The first-order valence-electron chi connectivity index (χ1n) is 6.50. The van der Waals surface area contributed by atoms with Gasteiger partial charge in [0, 0.05) is 23.7 Å². The molecule has 0 spiro atoms. The number of rotatable bonds is 2. The summed E-state index contributed by atoms with van der Waals surface area (Å²) in [5.74, 6) is 1.74. The van der Waals surface area contributed by atoms with E-state index in [1.165, 1.54) is 10.5 Å². The van der Waals surface area contributed by atoms with Crippen molar-refractivity contribution in [2.75, 3.05) is 25.4 Å². The molecule has 5 heteroatoms. The van der Waals surface area contributed by atoms with Gasteiger partial charge in [0.2, 0.25) is 5.91 Å². The topological polar surface area (TPSA) is 46.3 Å². The minimum absolute atomic E-state index is 0. The third kappa shape index (κ3) is 2.76. The summed E-state index contributed by atoms with van der Waals surface area (Å²) in [7, 11) is 0. The minimum atomic E-state index is 0. The third-order valence-corrected chi connectivity index (χ3v) is 5.11. The Bertz CT molecular complexity index is 469. The van der Waals surface area contributed by atoms with Crippen molar-refractivity contribution in [1.82, 2.24) is 4.90 Å². The zero-order chi connectivity index (χ0) is 12.5. The molecule has 1 saturated heterocycles. The van der Waals surface area contributed by atoms with Gasteiger partial charge >= 0.3 is 0 Å². The predicted molar refractivity (Wildman–Crippen MR) is 80.9 cm³/mol. The molecule has 2 heterocycles. The van der Waals surface area contributed by atoms with Crippen molar-refractivity contribution < 1.29 is 4.79 Å². The Morgan fingerprint density at radius 2 is 2.21 bits per heavy atom. The van der Waals surface area contributed by atoms with Gasteiger partial charge in [-0.3, -0.25) is 4.79 Å². The first-order chi connectivity index (χ1) is 8.79. The number of benzene rings is 1. The summed E-state index contributed by atoms with van der Waals surface area (Å²) < 4.78 is 0. The quantitative estimate of drug-likeness (QED) is 0.909. The molecule has 104 valence electrons. The highest BCUT2D eigenvalue weighted by atomic mass is 35.5. The van der Waals surface area contributed by atoms with Crippen LogP contribution in [0.25, 0.3) is 0 Å². The van der Waals surface area contributed by atoms with Crippen LogP contribution in [0, 0.1) is 5.92 Å². The second-order valence-electron chi connectivity index (χ2n) is 5.08. The van der Waals surface area contributed by atoms with E-state index in [1.807, 2.05) is 17.0 Å². The first-order valence-corrected chi connectivity index (χ1v) is 7.48. The lowest BCUT2D eigenvalue weighted by atomic mass is 10.00.